The zero-order chi connectivity index (χ0) is 12.0. The predicted molar refractivity (Wildman–Crippen MR) is 49.7 cm³/mol. The summed E-state index contributed by atoms with van der Waals surface area (Å²) in [6.45, 7) is 0.897. The quantitative estimate of drug-likeness (QED) is 0.321. The molecule has 7 heteroatoms. The van der Waals surface area contributed by atoms with Gasteiger partial charge in [-0.05, 0) is 0 Å². The number of hydrogen-bond acceptors (Lipinski definition) is 6. The van der Waals surface area contributed by atoms with Crippen molar-refractivity contribution in [3.63, 3.8) is 0 Å². The Balaban J connectivity index is 0.000000423. The summed E-state index contributed by atoms with van der Waals surface area (Å²) >= 11 is 0. The van der Waals surface area contributed by atoms with Crippen molar-refractivity contribution >= 4 is 5.91 Å². The number of aliphatic hydroxyl groups is 4. The van der Waals surface area contributed by atoms with Gasteiger partial charge in [-0.2, -0.15) is 0 Å². The highest BCUT2D eigenvalue weighted by Gasteiger charge is 2.36. The van der Waals surface area contributed by atoms with E-state index in [1.807, 2.05) is 0 Å². The van der Waals surface area contributed by atoms with Gasteiger partial charge in [0.15, 0.2) is 0 Å². The molecule has 1 heterocycles. The molecule has 0 aromatic carbocycles. The van der Waals surface area contributed by atoms with Crippen LogP contribution in [0.4, 0.5) is 0 Å². The van der Waals surface area contributed by atoms with Gasteiger partial charge in [0.2, 0.25) is 5.91 Å². The fourth-order valence-electron chi connectivity index (χ4n) is 1.03. The molecule has 0 bridgehead atoms. The molecule has 90 valence electrons. The van der Waals surface area contributed by atoms with Crippen molar-refractivity contribution in [2.45, 2.75) is 31.3 Å². The lowest BCUT2D eigenvalue weighted by Gasteiger charge is -2.34. The molecule has 0 aromatic heterocycles. The molecule has 15 heavy (non-hydrogen) atoms. The van der Waals surface area contributed by atoms with E-state index in [2.05, 4.69) is 5.73 Å². The lowest BCUT2D eigenvalue weighted by molar-refractivity contribution is -0.195. The Bertz CT molecular complexity index is 194. The van der Waals surface area contributed by atoms with Crippen LogP contribution in [0.2, 0.25) is 0 Å². The molecule has 1 fully saturated rings. The highest BCUT2D eigenvalue weighted by Crippen LogP contribution is 2.14. The van der Waals surface area contributed by atoms with Crippen molar-refractivity contribution in [2.24, 2.45) is 5.73 Å². The molecule has 0 aromatic rings. The van der Waals surface area contributed by atoms with Crippen LogP contribution >= 0.6 is 0 Å². The summed E-state index contributed by atoms with van der Waals surface area (Å²) in [5, 5.41) is 35.7. The van der Waals surface area contributed by atoms with E-state index in [0.29, 0.717) is 0 Å². The molecule has 1 aliphatic heterocycles. The predicted octanol–water partition coefficient (Wildman–Crippen LogP) is -3.05. The molecule has 7 nitrogen and oxygen atoms in total. The highest BCUT2D eigenvalue weighted by molar-refractivity contribution is 5.70. The van der Waals surface area contributed by atoms with Gasteiger partial charge in [0, 0.05) is 6.92 Å². The first-order valence-corrected chi connectivity index (χ1v) is 4.42. The van der Waals surface area contributed by atoms with Crippen LogP contribution in [-0.2, 0) is 9.53 Å². The van der Waals surface area contributed by atoms with Gasteiger partial charge in [-0.1, -0.05) is 0 Å². The van der Waals surface area contributed by atoms with Gasteiger partial charge in [0.25, 0.3) is 0 Å². The van der Waals surface area contributed by atoms with E-state index >= 15 is 0 Å². The zero-order valence-corrected chi connectivity index (χ0v) is 8.41. The maximum absolute atomic E-state index is 9.22. The third kappa shape index (κ3) is 5.05. The lowest BCUT2D eigenvalue weighted by Crippen LogP contribution is -2.53. The van der Waals surface area contributed by atoms with Crippen molar-refractivity contribution in [1.29, 1.82) is 0 Å². The number of amides is 1. The first-order valence-electron chi connectivity index (χ1n) is 4.42. The van der Waals surface area contributed by atoms with E-state index in [4.69, 9.17) is 25.2 Å². The van der Waals surface area contributed by atoms with Crippen LogP contribution in [0.1, 0.15) is 6.92 Å². The van der Waals surface area contributed by atoms with Crippen molar-refractivity contribution in [1.82, 2.24) is 0 Å². The highest BCUT2D eigenvalue weighted by atomic mass is 16.5. The molecule has 1 aliphatic rings. The van der Waals surface area contributed by atoms with Crippen molar-refractivity contribution in [3.8, 4) is 0 Å². The molecule has 0 radical (unpaired) electrons. The molecule has 0 aliphatic carbocycles. The normalized spacial score (nSPS) is 35.3. The van der Waals surface area contributed by atoms with Crippen molar-refractivity contribution in [2.75, 3.05) is 13.2 Å². The molecular formula is C8H17NO6. The fraction of sp³-hybridized carbons (Fsp3) is 0.875. The van der Waals surface area contributed by atoms with E-state index in [9.17, 15) is 4.79 Å². The second kappa shape index (κ2) is 6.70. The SMILES string of the molecule is CC(N)=O.OC[C@H]1OC[C@H](O)[C@@H](O)[C@@H]1O. The number of ether oxygens (including phenoxy) is 1. The fourth-order valence-corrected chi connectivity index (χ4v) is 1.03. The largest absolute Gasteiger partial charge is 0.394 e. The van der Waals surface area contributed by atoms with Gasteiger partial charge < -0.3 is 30.9 Å². The third-order valence-electron chi connectivity index (χ3n) is 1.79. The molecule has 1 saturated heterocycles. The Labute approximate surface area is 87.1 Å². The van der Waals surface area contributed by atoms with Gasteiger partial charge in [0.05, 0.1) is 13.2 Å². The van der Waals surface area contributed by atoms with E-state index in [-0.39, 0.29) is 19.1 Å². The summed E-state index contributed by atoms with van der Waals surface area (Å²) in [6.07, 6.45) is -4.27. The van der Waals surface area contributed by atoms with Crippen LogP contribution in [-0.4, -0.2) is 64.0 Å². The number of carbonyl (C=O) groups excluding carboxylic acids is 1. The first-order chi connectivity index (χ1) is 6.90. The minimum absolute atomic E-state index is 0.0521. The molecule has 4 atom stereocenters. The number of rotatable bonds is 1. The average molecular weight is 223 g/mol. The summed E-state index contributed by atoms with van der Waals surface area (Å²) in [5.74, 6) is -0.333. The Morgan fingerprint density at radius 3 is 2.27 bits per heavy atom. The van der Waals surface area contributed by atoms with Crippen LogP contribution < -0.4 is 5.73 Å². The van der Waals surface area contributed by atoms with Crippen LogP contribution in [0.5, 0.6) is 0 Å². The standard InChI is InChI=1S/C6H12O5.C2H5NO/c7-1-4-6(10)5(9)3(8)2-11-4;1-2(3)4/h3-10H,1-2H2;1H3,(H2,3,4)/t3-,4+,5+,6+;/m0./s1. The van der Waals surface area contributed by atoms with Gasteiger partial charge in [-0.25, -0.2) is 0 Å². The smallest absolute Gasteiger partial charge is 0.214 e. The minimum atomic E-state index is -1.22. The molecule has 0 spiro atoms. The maximum atomic E-state index is 9.22. The van der Waals surface area contributed by atoms with Crippen LogP contribution in [0, 0.1) is 0 Å². The topological polar surface area (TPSA) is 133 Å². The molecular weight excluding hydrogens is 206 g/mol. The van der Waals surface area contributed by atoms with Gasteiger partial charge in [-0.3, -0.25) is 4.79 Å². The minimum Gasteiger partial charge on any atom is -0.394 e. The second-order valence-corrected chi connectivity index (χ2v) is 3.21. The Kier molecular flexibility index (Phi) is 6.37. The summed E-state index contributed by atoms with van der Waals surface area (Å²) < 4.78 is 4.81. The van der Waals surface area contributed by atoms with Crippen LogP contribution in [0.3, 0.4) is 0 Å². The van der Waals surface area contributed by atoms with Gasteiger partial charge in [-0.15, -0.1) is 0 Å². The number of aliphatic hydroxyl groups excluding tert-OH is 4. The Morgan fingerprint density at radius 1 is 1.40 bits per heavy atom. The Hall–Kier alpha value is -0.730. The summed E-state index contributed by atoms with van der Waals surface area (Å²) in [4.78, 5) is 9.22. The average Bonchev–Trinajstić information content (AvgIpc) is 2.14. The molecule has 6 N–H and O–H groups in total. The number of nitrogens with two attached hydrogens (primary N) is 1. The van der Waals surface area contributed by atoms with E-state index in [1.165, 1.54) is 6.92 Å². The first kappa shape index (κ1) is 14.3. The van der Waals surface area contributed by atoms with Crippen LogP contribution in [0.15, 0.2) is 0 Å². The zero-order valence-electron chi connectivity index (χ0n) is 8.41. The number of primary amides is 1. The van der Waals surface area contributed by atoms with Gasteiger partial charge in [0.1, 0.15) is 24.4 Å². The van der Waals surface area contributed by atoms with E-state index in [0.717, 1.165) is 0 Å². The molecule has 1 amide bonds. The number of hydrogen-bond donors (Lipinski definition) is 5. The monoisotopic (exact) mass is 223 g/mol. The molecule has 0 saturated carbocycles. The Morgan fingerprint density at radius 2 is 1.87 bits per heavy atom. The van der Waals surface area contributed by atoms with Crippen molar-refractivity contribution < 1.29 is 30.0 Å². The molecule has 0 unspecified atom stereocenters. The second-order valence-electron chi connectivity index (χ2n) is 3.21. The summed E-state index contributed by atoms with van der Waals surface area (Å²) in [7, 11) is 0. The van der Waals surface area contributed by atoms with Gasteiger partial charge >= 0.3 is 0 Å². The summed E-state index contributed by atoms with van der Waals surface area (Å²) in [5.41, 5.74) is 4.47. The van der Waals surface area contributed by atoms with Crippen LogP contribution in [0.25, 0.3) is 0 Å². The van der Waals surface area contributed by atoms with Crippen molar-refractivity contribution in [3.05, 3.63) is 0 Å². The third-order valence-corrected chi connectivity index (χ3v) is 1.79. The lowest BCUT2D eigenvalue weighted by atomic mass is 10.0. The van der Waals surface area contributed by atoms with E-state index < -0.39 is 24.4 Å². The maximum Gasteiger partial charge on any atom is 0.214 e. The summed E-state index contributed by atoms with van der Waals surface area (Å²) in [6, 6.07) is 0. The number of carbonyl (C=O) groups is 1. The molecule has 1 rings (SSSR count). The van der Waals surface area contributed by atoms with E-state index in [1.54, 1.807) is 0 Å².